The molecule has 0 aliphatic carbocycles. The van der Waals surface area contributed by atoms with E-state index in [9.17, 15) is 4.79 Å². The van der Waals surface area contributed by atoms with Crippen molar-refractivity contribution in [3.8, 4) is 11.4 Å². The van der Waals surface area contributed by atoms with E-state index >= 15 is 0 Å². The van der Waals surface area contributed by atoms with Gasteiger partial charge in [-0.2, -0.15) is 5.10 Å². The number of carbonyl (C=O) groups is 1. The van der Waals surface area contributed by atoms with Crippen LogP contribution < -0.4 is 10.1 Å². The third kappa shape index (κ3) is 3.19. The molecule has 116 valence electrons. The lowest BCUT2D eigenvalue weighted by molar-refractivity contribution is 0.102. The third-order valence-electron chi connectivity index (χ3n) is 3.31. The van der Waals surface area contributed by atoms with Crippen molar-refractivity contribution >= 4 is 23.2 Å². The number of para-hydroxylation sites is 1. The van der Waals surface area contributed by atoms with Gasteiger partial charge in [-0.25, -0.2) is 4.68 Å². The van der Waals surface area contributed by atoms with Gasteiger partial charge in [0.25, 0.3) is 5.91 Å². The lowest BCUT2D eigenvalue weighted by Crippen LogP contribution is -2.15. The van der Waals surface area contributed by atoms with E-state index in [0.29, 0.717) is 27.7 Å². The molecule has 2 aromatic carbocycles. The number of anilines is 1. The summed E-state index contributed by atoms with van der Waals surface area (Å²) >= 11 is 6.08. The molecule has 0 aliphatic heterocycles. The highest BCUT2D eigenvalue weighted by Crippen LogP contribution is 2.27. The first-order valence-electron chi connectivity index (χ1n) is 6.93. The Morgan fingerprint density at radius 1 is 1.22 bits per heavy atom. The van der Waals surface area contributed by atoms with Gasteiger partial charge in [-0.1, -0.05) is 23.7 Å². The summed E-state index contributed by atoms with van der Waals surface area (Å²) in [4.78, 5) is 12.6. The lowest BCUT2D eigenvalue weighted by atomic mass is 10.1. The summed E-state index contributed by atoms with van der Waals surface area (Å²) in [7, 11) is 1.54. The molecule has 0 fully saturated rings. The fourth-order valence-electron chi connectivity index (χ4n) is 2.22. The molecule has 0 saturated heterocycles. The van der Waals surface area contributed by atoms with E-state index in [2.05, 4.69) is 10.4 Å². The van der Waals surface area contributed by atoms with Crippen LogP contribution in [0.3, 0.4) is 0 Å². The van der Waals surface area contributed by atoms with Crippen molar-refractivity contribution in [2.75, 3.05) is 12.4 Å². The number of benzene rings is 2. The number of methoxy groups -OCH3 is 1. The minimum Gasteiger partial charge on any atom is -0.495 e. The predicted octanol–water partition coefficient (Wildman–Crippen LogP) is 3.79. The highest BCUT2D eigenvalue weighted by Gasteiger charge is 2.13. The van der Waals surface area contributed by atoms with Gasteiger partial charge >= 0.3 is 0 Å². The van der Waals surface area contributed by atoms with Gasteiger partial charge in [0.2, 0.25) is 0 Å². The zero-order valence-electron chi connectivity index (χ0n) is 12.4. The number of nitrogens with zero attached hydrogens (tertiary/aromatic N) is 2. The molecule has 23 heavy (non-hydrogen) atoms. The average molecular weight is 328 g/mol. The molecule has 5 nitrogen and oxygen atoms in total. The van der Waals surface area contributed by atoms with Crippen LogP contribution in [0.1, 0.15) is 10.4 Å². The molecule has 0 spiro atoms. The second kappa shape index (κ2) is 6.54. The predicted molar refractivity (Wildman–Crippen MR) is 89.5 cm³/mol. The van der Waals surface area contributed by atoms with Crippen molar-refractivity contribution < 1.29 is 9.53 Å². The Kier molecular flexibility index (Phi) is 4.30. The van der Waals surface area contributed by atoms with Crippen LogP contribution in [0.2, 0.25) is 5.02 Å². The summed E-state index contributed by atoms with van der Waals surface area (Å²) in [6, 6.07) is 14.1. The summed E-state index contributed by atoms with van der Waals surface area (Å²) in [6.45, 7) is 0. The van der Waals surface area contributed by atoms with Crippen LogP contribution in [-0.4, -0.2) is 22.8 Å². The number of ether oxygens (including phenoxy) is 1. The first-order valence-corrected chi connectivity index (χ1v) is 7.31. The topological polar surface area (TPSA) is 56.1 Å². The summed E-state index contributed by atoms with van der Waals surface area (Å²) in [5.41, 5.74) is 1.81. The van der Waals surface area contributed by atoms with Crippen LogP contribution in [0.15, 0.2) is 60.9 Å². The first-order chi connectivity index (χ1) is 11.2. The zero-order valence-corrected chi connectivity index (χ0v) is 13.1. The van der Waals surface area contributed by atoms with E-state index < -0.39 is 0 Å². The van der Waals surface area contributed by atoms with Gasteiger partial charge in [0.1, 0.15) is 5.75 Å². The Morgan fingerprint density at radius 2 is 2.04 bits per heavy atom. The Balaban J connectivity index is 1.88. The van der Waals surface area contributed by atoms with Crippen molar-refractivity contribution in [2.45, 2.75) is 0 Å². The molecule has 6 heteroatoms. The average Bonchev–Trinajstić information content (AvgIpc) is 3.09. The summed E-state index contributed by atoms with van der Waals surface area (Å²) in [5.74, 6) is 0.318. The number of aromatic nitrogens is 2. The number of carbonyl (C=O) groups excluding carboxylic acids is 1. The van der Waals surface area contributed by atoms with Crippen LogP contribution in [0.4, 0.5) is 5.69 Å². The molecule has 0 radical (unpaired) electrons. The number of amides is 1. The van der Waals surface area contributed by atoms with Crippen molar-refractivity contribution in [3.05, 3.63) is 71.5 Å². The molecule has 3 aromatic rings. The summed E-state index contributed by atoms with van der Waals surface area (Å²) in [5, 5.41) is 7.44. The van der Waals surface area contributed by atoms with Gasteiger partial charge in [-0.05, 0) is 36.4 Å². The Morgan fingerprint density at radius 3 is 2.74 bits per heavy atom. The smallest absolute Gasteiger partial charge is 0.257 e. The number of nitrogens with one attached hydrogen (secondary N) is 1. The first kappa shape index (κ1) is 15.1. The summed E-state index contributed by atoms with van der Waals surface area (Å²) < 4.78 is 6.75. The summed E-state index contributed by atoms with van der Waals surface area (Å²) in [6.07, 6.45) is 3.45. The lowest BCUT2D eigenvalue weighted by Gasteiger charge is -2.11. The van der Waals surface area contributed by atoms with E-state index in [-0.39, 0.29) is 5.91 Å². The minimum absolute atomic E-state index is 0.239. The maximum Gasteiger partial charge on any atom is 0.257 e. The number of rotatable bonds is 4. The second-order valence-corrected chi connectivity index (χ2v) is 5.18. The van der Waals surface area contributed by atoms with Gasteiger partial charge in [-0.15, -0.1) is 0 Å². The number of halogens is 1. The van der Waals surface area contributed by atoms with Crippen molar-refractivity contribution in [1.29, 1.82) is 0 Å². The van der Waals surface area contributed by atoms with Gasteiger partial charge in [-0.3, -0.25) is 4.79 Å². The molecular weight excluding hydrogens is 314 g/mol. The van der Waals surface area contributed by atoms with E-state index in [1.54, 1.807) is 54.5 Å². The Bertz CT molecular complexity index is 832. The quantitative estimate of drug-likeness (QED) is 0.793. The van der Waals surface area contributed by atoms with Crippen molar-refractivity contribution in [3.63, 3.8) is 0 Å². The highest BCUT2D eigenvalue weighted by molar-refractivity contribution is 6.32. The van der Waals surface area contributed by atoms with E-state index in [0.717, 1.165) is 0 Å². The fraction of sp³-hybridized carbons (Fsp3) is 0.0588. The van der Waals surface area contributed by atoms with Crippen LogP contribution in [-0.2, 0) is 0 Å². The Labute approximate surface area is 138 Å². The standard InChI is InChI=1S/C17H14ClN3O2/c1-23-16-8-7-12(11-14(16)18)20-17(22)13-5-2-3-6-15(13)21-10-4-9-19-21/h2-11H,1H3,(H,20,22). The highest BCUT2D eigenvalue weighted by atomic mass is 35.5. The normalized spacial score (nSPS) is 10.3. The third-order valence-corrected chi connectivity index (χ3v) is 3.60. The monoisotopic (exact) mass is 327 g/mol. The van der Waals surface area contributed by atoms with Crippen molar-refractivity contribution in [2.24, 2.45) is 0 Å². The molecule has 0 aliphatic rings. The fourth-order valence-corrected chi connectivity index (χ4v) is 2.48. The molecule has 1 N–H and O–H groups in total. The molecular formula is C17H14ClN3O2. The maximum absolute atomic E-state index is 12.6. The van der Waals surface area contributed by atoms with Crippen LogP contribution in [0.5, 0.6) is 5.75 Å². The molecule has 0 saturated carbocycles. The number of hydrogen-bond acceptors (Lipinski definition) is 3. The molecule has 0 bridgehead atoms. The molecule has 3 rings (SSSR count). The molecule has 1 heterocycles. The van der Waals surface area contributed by atoms with Gasteiger partial charge in [0, 0.05) is 18.1 Å². The molecule has 1 aromatic heterocycles. The molecule has 0 atom stereocenters. The Hall–Kier alpha value is -2.79. The van der Waals surface area contributed by atoms with Crippen LogP contribution >= 0.6 is 11.6 Å². The van der Waals surface area contributed by atoms with Crippen molar-refractivity contribution in [1.82, 2.24) is 9.78 Å². The van der Waals surface area contributed by atoms with Gasteiger partial charge in [0.05, 0.1) is 23.4 Å². The molecule has 0 unspecified atom stereocenters. The SMILES string of the molecule is COc1ccc(NC(=O)c2ccccc2-n2cccn2)cc1Cl. The second-order valence-electron chi connectivity index (χ2n) is 4.77. The maximum atomic E-state index is 12.6. The van der Waals surface area contributed by atoms with E-state index in [4.69, 9.17) is 16.3 Å². The largest absolute Gasteiger partial charge is 0.495 e. The number of hydrogen-bond donors (Lipinski definition) is 1. The van der Waals surface area contributed by atoms with Gasteiger partial charge in [0.15, 0.2) is 0 Å². The van der Waals surface area contributed by atoms with Gasteiger partial charge < -0.3 is 10.1 Å². The van der Waals surface area contributed by atoms with Crippen LogP contribution in [0, 0.1) is 0 Å². The zero-order chi connectivity index (χ0) is 16.2. The minimum atomic E-state index is -0.239. The molecule has 1 amide bonds. The van der Waals surface area contributed by atoms with Crippen LogP contribution in [0.25, 0.3) is 5.69 Å². The van der Waals surface area contributed by atoms with E-state index in [1.807, 2.05) is 18.2 Å². The van der Waals surface area contributed by atoms with E-state index in [1.165, 1.54) is 0 Å².